The van der Waals surface area contributed by atoms with E-state index in [1.165, 1.54) is 5.56 Å². The molecule has 100 valence electrons. The number of anilines is 2. The molecule has 1 aromatic carbocycles. The van der Waals surface area contributed by atoms with E-state index in [1.54, 1.807) is 19.4 Å². The molecule has 2 rings (SSSR count). The summed E-state index contributed by atoms with van der Waals surface area (Å²) >= 11 is 0. The van der Waals surface area contributed by atoms with Crippen LogP contribution < -0.4 is 10.2 Å². The lowest BCUT2D eigenvalue weighted by Crippen LogP contribution is -2.27. The van der Waals surface area contributed by atoms with Crippen molar-refractivity contribution < 1.29 is 5.11 Å². The van der Waals surface area contributed by atoms with Crippen LogP contribution in [0.4, 0.5) is 11.6 Å². The van der Waals surface area contributed by atoms with Gasteiger partial charge in [-0.2, -0.15) is 0 Å². The Bertz CT molecular complexity index is 504. The summed E-state index contributed by atoms with van der Waals surface area (Å²) < 4.78 is 0. The van der Waals surface area contributed by atoms with Crippen molar-refractivity contribution in [1.29, 1.82) is 0 Å². The summed E-state index contributed by atoms with van der Waals surface area (Å²) in [6, 6.07) is 10.1. The third kappa shape index (κ3) is 3.66. The fourth-order valence-corrected chi connectivity index (χ4v) is 1.83. The molecule has 0 fully saturated rings. The Hall–Kier alpha value is -2.14. The standard InChI is InChI=1S/C14H18N4O/c1-15-13-9-16-10-14(17-13)18(7-8-19)11-12-5-3-2-4-6-12/h2-6,9-10,19H,7-8,11H2,1H3,(H,15,17). The van der Waals surface area contributed by atoms with Crippen molar-refractivity contribution in [2.45, 2.75) is 6.54 Å². The average Bonchev–Trinajstić information content (AvgIpc) is 2.48. The maximum Gasteiger partial charge on any atom is 0.149 e. The third-order valence-electron chi connectivity index (χ3n) is 2.79. The number of benzene rings is 1. The normalized spacial score (nSPS) is 10.2. The fourth-order valence-electron chi connectivity index (χ4n) is 1.83. The Morgan fingerprint density at radius 1 is 1.21 bits per heavy atom. The predicted molar refractivity (Wildman–Crippen MR) is 76.2 cm³/mol. The zero-order valence-electron chi connectivity index (χ0n) is 11.0. The van der Waals surface area contributed by atoms with E-state index in [1.807, 2.05) is 23.1 Å². The minimum Gasteiger partial charge on any atom is -0.395 e. The van der Waals surface area contributed by atoms with Gasteiger partial charge in [-0.15, -0.1) is 0 Å². The molecule has 0 aliphatic carbocycles. The van der Waals surface area contributed by atoms with Gasteiger partial charge in [0.25, 0.3) is 0 Å². The van der Waals surface area contributed by atoms with Gasteiger partial charge in [-0.3, -0.25) is 4.98 Å². The molecule has 0 atom stereocenters. The largest absolute Gasteiger partial charge is 0.395 e. The number of aliphatic hydroxyl groups is 1. The van der Waals surface area contributed by atoms with Crippen LogP contribution in [-0.4, -0.2) is 35.3 Å². The third-order valence-corrected chi connectivity index (χ3v) is 2.79. The molecule has 19 heavy (non-hydrogen) atoms. The molecule has 0 radical (unpaired) electrons. The summed E-state index contributed by atoms with van der Waals surface area (Å²) in [4.78, 5) is 10.6. The highest BCUT2D eigenvalue weighted by atomic mass is 16.3. The van der Waals surface area contributed by atoms with E-state index in [4.69, 9.17) is 0 Å². The highest BCUT2D eigenvalue weighted by Gasteiger charge is 2.09. The summed E-state index contributed by atoms with van der Waals surface area (Å²) in [5.74, 6) is 1.47. The lowest BCUT2D eigenvalue weighted by atomic mass is 10.2. The van der Waals surface area contributed by atoms with Crippen molar-refractivity contribution >= 4 is 11.6 Å². The number of aromatic nitrogens is 2. The molecule has 0 amide bonds. The molecule has 0 spiro atoms. The summed E-state index contributed by atoms with van der Waals surface area (Å²) in [5, 5.41) is 12.2. The van der Waals surface area contributed by atoms with Gasteiger partial charge in [-0.1, -0.05) is 30.3 Å². The first-order chi connectivity index (χ1) is 9.33. The monoisotopic (exact) mass is 258 g/mol. The Balaban J connectivity index is 2.19. The second-order valence-corrected chi connectivity index (χ2v) is 4.14. The average molecular weight is 258 g/mol. The van der Waals surface area contributed by atoms with Crippen LogP contribution in [0, 0.1) is 0 Å². The van der Waals surface area contributed by atoms with Gasteiger partial charge < -0.3 is 15.3 Å². The predicted octanol–water partition coefficient (Wildman–Crippen LogP) is 1.52. The molecule has 1 heterocycles. The van der Waals surface area contributed by atoms with Crippen LogP contribution in [-0.2, 0) is 6.54 Å². The van der Waals surface area contributed by atoms with Gasteiger partial charge >= 0.3 is 0 Å². The molecule has 5 nitrogen and oxygen atoms in total. The second-order valence-electron chi connectivity index (χ2n) is 4.14. The number of aliphatic hydroxyl groups excluding tert-OH is 1. The zero-order valence-corrected chi connectivity index (χ0v) is 11.0. The molecular weight excluding hydrogens is 240 g/mol. The van der Waals surface area contributed by atoms with Crippen LogP contribution in [0.15, 0.2) is 42.7 Å². The van der Waals surface area contributed by atoms with Crippen molar-refractivity contribution in [2.24, 2.45) is 0 Å². The number of hydrogen-bond donors (Lipinski definition) is 2. The van der Waals surface area contributed by atoms with E-state index in [9.17, 15) is 5.11 Å². The molecule has 0 unspecified atom stereocenters. The SMILES string of the molecule is CNc1cncc(N(CCO)Cc2ccccc2)n1. The Morgan fingerprint density at radius 3 is 2.68 bits per heavy atom. The number of nitrogens with one attached hydrogen (secondary N) is 1. The highest BCUT2D eigenvalue weighted by molar-refractivity contribution is 5.44. The first-order valence-electron chi connectivity index (χ1n) is 6.23. The van der Waals surface area contributed by atoms with E-state index >= 15 is 0 Å². The Labute approximate surface area is 112 Å². The van der Waals surface area contributed by atoms with Gasteiger partial charge in [0, 0.05) is 20.1 Å². The van der Waals surface area contributed by atoms with Crippen molar-refractivity contribution in [1.82, 2.24) is 9.97 Å². The smallest absolute Gasteiger partial charge is 0.149 e. The van der Waals surface area contributed by atoms with Crippen LogP contribution in [0.25, 0.3) is 0 Å². The van der Waals surface area contributed by atoms with Crippen molar-refractivity contribution in [2.75, 3.05) is 30.4 Å². The molecule has 0 aliphatic rings. The van der Waals surface area contributed by atoms with E-state index < -0.39 is 0 Å². The molecule has 0 saturated carbocycles. The molecule has 2 aromatic rings. The number of nitrogens with zero attached hydrogens (tertiary/aromatic N) is 3. The summed E-state index contributed by atoms with van der Waals surface area (Å²) in [5.41, 5.74) is 1.17. The van der Waals surface area contributed by atoms with Crippen molar-refractivity contribution in [3.05, 3.63) is 48.3 Å². The van der Waals surface area contributed by atoms with E-state index in [0.717, 1.165) is 5.82 Å². The molecule has 2 N–H and O–H groups in total. The lowest BCUT2D eigenvalue weighted by Gasteiger charge is -2.22. The van der Waals surface area contributed by atoms with Crippen LogP contribution >= 0.6 is 0 Å². The molecule has 0 aliphatic heterocycles. The van der Waals surface area contributed by atoms with Gasteiger partial charge in [-0.25, -0.2) is 4.98 Å². The summed E-state index contributed by atoms with van der Waals surface area (Å²) in [6.45, 7) is 1.30. The van der Waals surface area contributed by atoms with E-state index in [2.05, 4.69) is 27.4 Å². The highest BCUT2D eigenvalue weighted by Crippen LogP contribution is 2.15. The molecule has 0 saturated heterocycles. The fraction of sp³-hybridized carbons (Fsp3) is 0.286. The minimum atomic E-state index is 0.0816. The molecular formula is C14H18N4O. The Kier molecular flexibility index (Phi) is 4.69. The first-order valence-corrected chi connectivity index (χ1v) is 6.23. The van der Waals surface area contributed by atoms with Crippen LogP contribution in [0.2, 0.25) is 0 Å². The van der Waals surface area contributed by atoms with Gasteiger partial charge in [0.05, 0.1) is 19.0 Å². The van der Waals surface area contributed by atoms with Crippen LogP contribution in [0.1, 0.15) is 5.56 Å². The van der Waals surface area contributed by atoms with Crippen molar-refractivity contribution in [3.8, 4) is 0 Å². The van der Waals surface area contributed by atoms with Crippen molar-refractivity contribution in [3.63, 3.8) is 0 Å². The molecule has 1 aromatic heterocycles. The van der Waals surface area contributed by atoms with Gasteiger partial charge in [0.15, 0.2) is 0 Å². The quantitative estimate of drug-likeness (QED) is 0.822. The second kappa shape index (κ2) is 6.70. The molecule has 5 heteroatoms. The van der Waals surface area contributed by atoms with E-state index in [0.29, 0.717) is 18.9 Å². The maximum atomic E-state index is 9.20. The van der Waals surface area contributed by atoms with Gasteiger partial charge in [-0.05, 0) is 5.56 Å². The summed E-state index contributed by atoms with van der Waals surface area (Å²) in [7, 11) is 1.81. The zero-order chi connectivity index (χ0) is 13.5. The topological polar surface area (TPSA) is 61.3 Å². The molecule has 0 bridgehead atoms. The Morgan fingerprint density at radius 2 is 2.00 bits per heavy atom. The van der Waals surface area contributed by atoms with E-state index in [-0.39, 0.29) is 6.61 Å². The minimum absolute atomic E-state index is 0.0816. The van der Waals surface area contributed by atoms with Crippen LogP contribution in [0.3, 0.4) is 0 Å². The van der Waals surface area contributed by atoms with Gasteiger partial charge in [0.2, 0.25) is 0 Å². The van der Waals surface area contributed by atoms with Crippen LogP contribution in [0.5, 0.6) is 0 Å². The maximum absolute atomic E-state index is 9.20. The van der Waals surface area contributed by atoms with Gasteiger partial charge in [0.1, 0.15) is 11.6 Å². The first kappa shape index (κ1) is 13.3. The summed E-state index contributed by atoms with van der Waals surface area (Å²) in [6.07, 6.45) is 3.38. The number of rotatable bonds is 6. The lowest BCUT2D eigenvalue weighted by molar-refractivity contribution is 0.301. The number of hydrogen-bond acceptors (Lipinski definition) is 5.